The summed E-state index contributed by atoms with van der Waals surface area (Å²) in [4.78, 5) is 18.5. The van der Waals surface area contributed by atoms with Crippen LogP contribution in [-0.2, 0) is 14.6 Å². The molecule has 5 nitrogen and oxygen atoms in total. The van der Waals surface area contributed by atoms with E-state index in [1.165, 1.54) is 11.3 Å². The normalized spacial score (nSPS) is 23.2. The number of halogens is 2. The molecule has 0 saturated carbocycles. The molecule has 2 heterocycles. The van der Waals surface area contributed by atoms with Gasteiger partial charge >= 0.3 is 0 Å². The Hall–Kier alpha value is -0.960. The largest absolute Gasteiger partial charge is 0.336 e. The van der Waals surface area contributed by atoms with Crippen LogP contribution in [0.15, 0.2) is 34.2 Å². The number of carbonyl (C=O) groups excluding carboxylic acids is 1. The maximum Gasteiger partial charge on any atom is 0.253 e. The van der Waals surface area contributed by atoms with Crippen LogP contribution in [0.5, 0.6) is 0 Å². The number of hydrogen-bond acceptors (Lipinski definition) is 5. The van der Waals surface area contributed by atoms with E-state index in [2.05, 4.69) is 20.9 Å². The fourth-order valence-corrected chi connectivity index (χ4v) is 5.89. The van der Waals surface area contributed by atoms with Gasteiger partial charge in [-0.1, -0.05) is 11.6 Å². The first kappa shape index (κ1) is 17.8. The Morgan fingerprint density at radius 1 is 1.46 bits per heavy atom. The van der Waals surface area contributed by atoms with Crippen molar-refractivity contribution < 1.29 is 13.2 Å². The highest BCUT2D eigenvalue weighted by Crippen LogP contribution is 2.36. The van der Waals surface area contributed by atoms with Crippen molar-refractivity contribution in [1.82, 2.24) is 9.88 Å². The zero-order valence-electron chi connectivity index (χ0n) is 12.7. The van der Waals surface area contributed by atoms with Crippen LogP contribution in [0.1, 0.15) is 22.3 Å². The van der Waals surface area contributed by atoms with Crippen molar-refractivity contribution in [2.24, 2.45) is 0 Å². The summed E-state index contributed by atoms with van der Waals surface area (Å²) >= 11 is 10.6. The van der Waals surface area contributed by atoms with E-state index in [0.29, 0.717) is 20.1 Å². The Bertz CT molecular complexity index is 886. The lowest BCUT2D eigenvalue weighted by Gasteiger charge is -2.38. The van der Waals surface area contributed by atoms with Gasteiger partial charge in [-0.15, -0.1) is 11.3 Å². The molecule has 3 rings (SSSR count). The topological polar surface area (TPSA) is 67.3 Å². The molecule has 0 bridgehead atoms. The van der Waals surface area contributed by atoms with Crippen LogP contribution in [0.2, 0.25) is 5.02 Å². The molecule has 1 amide bonds. The molecule has 1 fully saturated rings. The Balaban J connectivity index is 1.93. The molecule has 2 aromatic rings. The molecule has 1 saturated heterocycles. The highest BCUT2D eigenvalue weighted by atomic mass is 79.9. The monoisotopic (exact) mass is 448 g/mol. The van der Waals surface area contributed by atoms with Crippen LogP contribution in [0.3, 0.4) is 0 Å². The number of amides is 1. The second-order valence-corrected chi connectivity index (χ2v) is 10.4. The van der Waals surface area contributed by atoms with Gasteiger partial charge in [0.1, 0.15) is 9.75 Å². The van der Waals surface area contributed by atoms with Crippen LogP contribution in [0.4, 0.5) is 0 Å². The second kappa shape index (κ2) is 6.40. The summed E-state index contributed by atoms with van der Waals surface area (Å²) < 4.78 is 24.7. The first-order valence-electron chi connectivity index (χ1n) is 7.11. The molecule has 9 heteroatoms. The van der Waals surface area contributed by atoms with Crippen LogP contribution >= 0.6 is 38.9 Å². The van der Waals surface area contributed by atoms with Gasteiger partial charge in [0, 0.05) is 34.7 Å². The zero-order chi connectivity index (χ0) is 17.5. The summed E-state index contributed by atoms with van der Waals surface area (Å²) in [5.41, 5.74) is 0.434. The van der Waals surface area contributed by atoms with E-state index < -0.39 is 14.6 Å². The number of rotatable bonds is 2. The predicted octanol–water partition coefficient (Wildman–Crippen LogP) is 3.35. The number of thiazole rings is 1. The minimum Gasteiger partial charge on any atom is -0.336 e. The van der Waals surface area contributed by atoms with Crippen LogP contribution in [-0.4, -0.2) is 43.1 Å². The summed E-state index contributed by atoms with van der Waals surface area (Å²) in [7, 11) is -3.39. The number of carbonyl (C=O) groups is 1. The van der Waals surface area contributed by atoms with Crippen molar-refractivity contribution in [1.29, 1.82) is 0 Å². The molecule has 1 atom stereocenters. The smallest absolute Gasteiger partial charge is 0.253 e. The quantitative estimate of drug-likeness (QED) is 0.705. The molecule has 0 N–H and O–H groups in total. The molecule has 1 unspecified atom stereocenters. The summed E-state index contributed by atoms with van der Waals surface area (Å²) in [6.45, 7) is 1.88. The third kappa shape index (κ3) is 3.00. The third-order valence-corrected chi connectivity index (χ3v) is 8.96. The Morgan fingerprint density at radius 3 is 2.83 bits per heavy atom. The highest BCUT2D eigenvalue weighted by molar-refractivity contribution is 9.10. The van der Waals surface area contributed by atoms with E-state index in [4.69, 9.17) is 11.6 Å². The van der Waals surface area contributed by atoms with Crippen LogP contribution in [0, 0.1) is 0 Å². The van der Waals surface area contributed by atoms with Gasteiger partial charge in [-0.05, 0) is 41.1 Å². The lowest BCUT2D eigenvalue weighted by Crippen LogP contribution is -2.54. The fourth-order valence-electron chi connectivity index (χ4n) is 2.67. The van der Waals surface area contributed by atoms with Crippen molar-refractivity contribution in [3.8, 4) is 0 Å². The predicted molar refractivity (Wildman–Crippen MR) is 98.3 cm³/mol. The van der Waals surface area contributed by atoms with Gasteiger partial charge in [0.05, 0.1) is 10.8 Å². The SMILES string of the molecule is CC1(c2nccs2)CN(C(=O)c2ccc(Br)c(Cl)c2)CCS1(=O)=O. The molecule has 1 aromatic heterocycles. The van der Waals surface area contributed by atoms with E-state index in [1.54, 1.807) is 41.6 Å². The fraction of sp³-hybridized carbons (Fsp3) is 0.333. The molecule has 0 spiro atoms. The van der Waals surface area contributed by atoms with Crippen LogP contribution in [0.25, 0.3) is 0 Å². The summed E-state index contributed by atoms with van der Waals surface area (Å²) in [5, 5.41) is 2.69. The van der Waals surface area contributed by atoms with Gasteiger partial charge in [-0.3, -0.25) is 4.79 Å². The number of hydrogen-bond donors (Lipinski definition) is 0. The molecule has 128 valence electrons. The average Bonchev–Trinajstić information content (AvgIpc) is 3.07. The maximum atomic E-state index is 12.8. The lowest BCUT2D eigenvalue weighted by molar-refractivity contribution is 0.0739. The van der Waals surface area contributed by atoms with E-state index in [0.717, 1.165) is 0 Å². The summed E-state index contributed by atoms with van der Waals surface area (Å²) in [6.07, 6.45) is 1.58. The van der Waals surface area contributed by atoms with E-state index in [-0.39, 0.29) is 24.7 Å². The molecule has 1 aromatic carbocycles. The Labute approximate surface area is 157 Å². The van der Waals surface area contributed by atoms with Crippen molar-refractivity contribution in [3.05, 3.63) is 49.8 Å². The van der Waals surface area contributed by atoms with Crippen LogP contribution < -0.4 is 0 Å². The van der Waals surface area contributed by atoms with E-state index in [1.807, 2.05) is 0 Å². The summed E-state index contributed by atoms with van der Waals surface area (Å²) in [5.74, 6) is -0.318. The van der Waals surface area contributed by atoms with Gasteiger partial charge in [0.25, 0.3) is 5.91 Å². The van der Waals surface area contributed by atoms with Crippen molar-refractivity contribution in [2.75, 3.05) is 18.8 Å². The molecule has 0 aliphatic carbocycles. The molecular weight excluding hydrogens is 436 g/mol. The number of sulfone groups is 1. The Morgan fingerprint density at radius 2 is 2.21 bits per heavy atom. The Kier molecular flexibility index (Phi) is 4.76. The number of nitrogens with zero attached hydrogens (tertiary/aromatic N) is 2. The standard InChI is InChI=1S/C15H14BrClN2O3S2/c1-15(14-18-4-6-23-14)9-19(5-7-24(15,21)22)13(20)10-2-3-11(16)12(17)8-10/h2-4,6,8H,5,7,9H2,1H3. The van der Waals surface area contributed by atoms with Gasteiger partial charge in [0.2, 0.25) is 0 Å². The average molecular weight is 450 g/mol. The van der Waals surface area contributed by atoms with Gasteiger partial charge in [0.15, 0.2) is 9.84 Å². The van der Waals surface area contributed by atoms with Gasteiger partial charge < -0.3 is 4.90 Å². The third-order valence-electron chi connectivity index (χ3n) is 4.15. The van der Waals surface area contributed by atoms with Crippen molar-refractivity contribution >= 4 is 54.6 Å². The first-order chi connectivity index (χ1) is 11.2. The number of benzene rings is 1. The molecule has 1 aliphatic heterocycles. The molecule has 24 heavy (non-hydrogen) atoms. The van der Waals surface area contributed by atoms with Crippen molar-refractivity contribution in [3.63, 3.8) is 0 Å². The minimum atomic E-state index is -3.39. The molecule has 1 aliphatic rings. The van der Waals surface area contributed by atoms with Crippen molar-refractivity contribution in [2.45, 2.75) is 11.7 Å². The van der Waals surface area contributed by atoms with Gasteiger partial charge in [-0.2, -0.15) is 0 Å². The first-order valence-corrected chi connectivity index (χ1v) is 10.8. The molecule has 0 radical (unpaired) electrons. The number of aromatic nitrogens is 1. The minimum absolute atomic E-state index is 0.0787. The lowest BCUT2D eigenvalue weighted by atomic mass is 10.1. The van der Waals surface area contributed by atoms with E-state index >= 15 is 0 Å². The summed E-state index contributed by atoms with van der Waals surface area (Å²) in [6, 6.07) is 4.95. The maximum absolute atomic E-state index is 12.8. The van der Waals surface area contributed by atoms with E-state index in [9.17, 15) is 13.2 Å². The molecular formula is C15H14BrClN2O3S2. The zero-order valence-corrected chi connectivity index (χ0v) is 16.7. The highest BCUT2D eigenvalue weighted by Gasteiger charge is 2.48. The second-order valence-electron chi connectivity index (χ2n) is 5.74. The van der Waals surface area contributed by atoms with Gasteiger partial charge in [-0.25, -0.2) is 13.4 Å².